The van der Waals surface area contributed by atoms with E-state index in [0.717, 1.165) is 17.0 Å². The molecule has 0 saturated heterocycles. The predicted octanol–water partition coefficient (Wildman–Crippen LogP) is 4.92. The maximum Gasteiger partial charge on any atom is 0.278 e. The Kier molecular flexibility index (Phi) is 7.07. The number of rotatable bonds is 9. The summed E-state index contributed by atoms with van der Waals surface area (Å²) in [4.78, 5) is 34.7. The van der Waals surface area contributed by atoms with Gasteiger partial charge in [0.2, 0.25) is 0 Å². The Morgan fingerprint density at radius 1 is 0.941 bits per heavy atom. The van der Waals surface area contributed by atoms with Crippen molar-refractivity contribution in [3.8, 4) is 5.75 Å². The number of carbonyl (C=O) groups is 2. The van der Waals surface area contributed by atoms with Crippen molar-refractivity contribution in [1.82, 2.24) is 9.88 Å². The highest BCUT2D eigenvalue weighted by molar-refractivity contribution is 6.36. The highest BCUT2D eigenvalue weighted by atomic mass is 16.5. The van der Waals surface area contributed by atoms with Crippen molar-refractivity contribution < 1.29 is 14.3 Å². The molecule has 1 aliphatic heterocycles. The van der Waals surface area contributed by atoms with E-state index < -0.39 is 0 Å². The van der Waals surface area contributed by atoms with Crippen LogP contribution in [-0.4, -0.2) is 34.8 Å². The molecule has 0 radical (unpaired) electrons. The Hall–Kier alpha value is -3.93. The van der Waals surface area contributed by atoms with Gasteiger partial charge in [-0.25, -0.2) is 0 Å². The number of likely N-dealkylation sites (N-methyl/N-ethyl adjacent to an activating group) is 1. The molecule has 0 saturated carbocycles. The standard InChI is InChI=1S/C28H29N3O3/c1-4-30(23-10-6-5-7-11-23)26-25(22-12-14-24(15-13-22)34-19-20(2)3)27(32)31(28(26)33)18-21-9-8-16-29-17-21/h5-17,20H,4,18-19H2,1-3H3. The van der Waals surface area contributed by atoms with Crippen LogP contribution in [0.15, 0.2) is 84.8 Å². The number of aromatic nitrogens is 1. The molecule has 0 bridgehead atoms. The van der Waals surface area contributed by atoms with E-state index in [-0.39, 0.29) is 18.4 Å². The molecule has 0 atom stereocenters. The van der Waals surface area contributed by atoms with Crippen LogP contribution in [-0.2, 0) is 16.1 Å². The first-order valence-corrected chi connectivity index (χ1v) is 11.5. The Morgan fingerprint density at radius 3 is 2.29 bits per heavy atom. The van der Waals surface area contributed by atoms with Crippen LogP contribution in [0.4, 0.5) is 5.69 Å². The molecule has 34 heavy (non-hydrogen) atoms. The smallest absolute Gasteiger partial charge is 0.278 e. The van der Waals surface area contributed by atoms with Gasteiger partial charge in [-0.1, -0.05) is 50.2 Å². The van der Waals surface area contributed by atoms with Crippen LogP contribution in [0.2, 0.25) is 0 Å². The van der Waals surface area contributed by atoms with Crippen LogP contribution in [0.3, 0.4) is 0 Å². The summed E-state index contributed by atoms with van der Waals surface area (Å²) in [5.41, 5.74) is 3.13. The average Bonchev–Trinajstić information content (AvgIpc) is 3.10. The van der Waals surface area contributed by atoms with Gasteiger partial charge in [0.1, 0.15) is 11.4 Å². The quantitative estimate of drug-likeness (QED) is 0.429. The van der Waals surface area contributed by atoms with Gasteiger partial charge in [0, 0.05) is 24.6 Å². The molecule has 2 aromatic carbocycles. The minimum absolute atomic E-state index is 0.167. The summed E-state index contributed by atoms with van der Waals surface area (Å²) in [6.45, 7) is 7.48. The highest BCUT2D eigenvalue weighted by Crippen LogP contribution is 2.35. The van der Waals surface area contributed by atoms with Crippen LogP contribution in [0.5, 0.6) is 5.75 Å². The van der Waals surface area contributed by atoms with Crippen molar-refractivity contribution in [1.29, 1.82) is 0 Å². The lowest BCUT2D eigenvalue weighted by Gasteiger charge is -2.25. The predicted molar refractivity (Wildman–Crippen MR) is 133 cm³/mol. The zero-order valence-electron chi connectivity index (χ0n) is 19.8. The Bertz CT molecular complexity index is 1170. The zero-order valence-corrected chi connectivity index (χ0v) is 19.8. The summed E-state index contributed by atoms with van der Waals surface area (Å²) in [6, 6.07) is 20.7. The third-order valence-electron chi connectivity index (χ3n) is 5.59. The lowest BCUT2D eigenvalue weighted by Crippen LogP contribution is -2.34. The fourth-order valence-corrected chi connectivity index (χ4v) is 3.95. The van der Waals surface area contributed by atoms with Gasteiger partial charge in [0.25, 0.3) is 11.8 Å². The van der Waals surface area contributed by atoms with Gasteiger partial charge in [0.15, 0.2) is 0 Å². The number of pyridine rings is 1. The Morgan fingerprint density at radius 2 is 1.68 bits per heavy atom. The molecule has 174 valence electrons. The van der Waals surface area contributed by atoms with Crippen molar-refractivity contribution >= 4 is 23.1 Å². The van der Waals surface area contributed by atoms with E-state index in [0.29, 0.717) is 35.9 Å². The number of imide groups is 1. The molecule has 0 aliphatic carbocycles. The molecular weight excluding hydrogens is 426 g/mol. The van der Waals surface area contributed by atoms with Gasteiger partial charge in [-0.3, -0.25) is 19.5 Å². The summed E-state index contributed by atoms with van der Waals surface area (Å²) in [5, 5.41) is 0. The number of hydrogen-bond acceptors (Lipinski definition) is 5. The van der Waals surface area contributed by atoms with Crippen LogP contribution in [0, 0.1) is 5.92 Å². The third-order valence-corrected chi connectivity index (χ3v) is 5.59. The number of hydrogen-bond donors (Lipinski definition) is 0. The molecule has 2 amide bonds. The Labute approximate surface area is 200 Å². The van der Waals surface area contributed by atoms with Gasteiger partial charge in [-0.05, 0) is 54.3 Å². The van der Waals surface area contributed by atoms with Crippen molar-refractivity contribution in [2.24, 2.45) is 5.92 Å². The third kappa shape index (κ3) is 4.86. The first kappa shape index (κ1) is 23.2. The van der Waals surface area contributed by atoms with Gasteiger partial charge in [0.05, 0.1) is 18.7 Å². The minimum atomic E-state index is -0.311. The molecule has 6 heteroatoms. The van der Waals surface area contributed by atoms with Gasteiger partial charge < -0.3 is 9.64 Å². The number of carbonyl (C=O) groups excluding carboxylic acids is 2. The molecule has 2 heterocycles. The largest absolute Gasteiger partial charge is 0.493 e. The van der Waals surface area contributed by atoms with Crippen molar-refractivity contribution in [2.75, 3.05) is 18.1 Å². The van der Waals surface area contributed by atoms with E-state index in [1.54, 1.807) is 18.5 Å². The van der Waals surface area contributed by atoms with Crippen LogP contribution in [0.25, 0.3) is 5.57 Å². The summed E-state index contributed by atoms with van der Waals surface area (Å²) < 4.78 is 5.80. The lowest BCUT2D eigenvalue weighted by atomic mass is 10.0. The van der Waals surface area contributed by atoms with E-state index >= 15 is 0 Å². The van der Waals surface area contributed by atoms with Crippen LogP contribution in [0.1, 0.15) is 31.9 Å². The molecule has 0 unspecified atom stereocenters. The van der Waals surface area contributed by atoms with E-state index in [4.69, 9.17) is 4.74 Å². The molecule has 3 aromatic rings. The van der Waals surface area contributed by atoms with Crippen LogP contribution < -0.4 is 9.64 Å². The molecule has 0 spiro atoms. The molecular formula is C28H29N3O3. The number of ether oxygens (including phenoxy) is 1. The second-order valence-electron chi connectivity index (χ2n) is 8.59. The number of anilines is 1. The first-order valence-electron chi connectivity index (χ1n) is 11.5. The van der Waals surface area contributed by atoms with Gasteiger partial charge in [-0.2, -0.15) is 0 Å². The molecule has 6 nitrogen and oxygen atoms in total. The van der Waals surface area contributed by atoms with E-state index in [1.807, 2.05) is 72.5 Å². The summed E-state index contributed by atoms with van der Waals surface area (Å²) >= 11 is 0. The maximum absolute atomic E-state index is 13.7. The highest BCUT2D eigenvalue weighted by Gasteiger charge is 2.41. The molecule has 1 aromatic heterocycles. The molecule has 0 N–H and O–H groups in total. The normalized spacial score (nSPS) is 13.7. The van der Waals surface area contributed by atoms with Crippen molar-refractivity contribution in [3.05, 3.63) is 95.9 Å². The SMILES string of the molecule is CCN(C1=C(c2ccc(OCC(C)C)cc2)C(=O)N(Cc2cccnc2)C1=O)c1ccccc1. The fraction of sp³-hybridized carbons (Fsp3) is 0.250. The second kappa shape index (κ2) is 10.3. The second-order valence-corrected chi connectivity index (χ2v) is 8.59. The van der Waals surface area contributed by atoms with Gasteiger partial charge >= 0.3 is 0 Å². The Balaban J connectivity index is 1.75. The maximum atomic E-state index is 13.7. The fourth-order valence-electron chi connectivity index (χ4n) is 3.95. The number of amides is 2. The number of nitrogens with zero attached hydrogens (tertiary/aromatic N) is 3. The number of para-hydroxylation sites is 1. The molecule has 1 aliphatic rings. The first-order chi connectivity index (χ1) is 16.5. The minimum Gasteiger partial charge on any atom is -0.493 e. The van der Waals surface area contributed by atoms with E-state index in [9.17, 15) is 9.59 Å². The monoisotopic (exact) mass is 455 g/mol. The van der Waals surface area contributed by atoms with E-state index in [1.165, 1.54) is 4.90 Å². The summed E-state index contributed by atoms with van der Waals surface area (Å²) in [7, 11) is 0. The van der Waals surface area contributed by atoms with Crippen molar-refractivity contribution in [3.63, 3.8) is 0 Å². The topological polar surface area (TPSA) is 62.7 Å². The molecule has 0 fully saturated rings. The van der Waals surface area contributed by atoms with E-state index in [2.05, 4.69) is 18.8 Å². The summed E-state index contributed by atoms with van der Waals surface area (Å²) in [5.74, 6) is 0.524. The van der Waals surface area contributed by atoms with Crippen LogP contribution >= 0.6 is 0 Å². The number of benzene rings is 2. The zero-order chi connectivity index (χ0) is 24.1. The summed E-state index contributed by atoms with van der Waals surface area (Å²) in [6.07, 6.45) is 3.34. The average molecular weight is 456 g/mol. The molecule has 4 rings (SSSR count). The lowest BCUT2D eigenvalue weighted by molar-refractivity contribution is -0.137. The van der Waals surface area contributed by atoms with Crippen molar-refractivity contribution in [2.45, 2.75) is 27.3 Å². The van der Waals surface area contributed by atoms with Gasteiger partial charge in [-0.15, -0.1) is 0 Å².